The molecule has 1 rings (SSSR count). The topological polar surface area (TPSA) is 91.7 Å². The normalized spacial score (nSPS) is 24.2. The molecule has 0 saturated carbocycles. The van der Waals surface area contributed by atoms with Gasteiger partial charge in [0, 0.05) is 12.3 Å². The molecule has 0 aliphatic heterocycles. The van der Waals surface area contributed by atoms with Crippen LogP contribution in [0.15, 0.2) is 11.3 Å². The van der Waals surface area contributed by atoms with Gasteiger partial charge in [-0.2, -0.15) is 0 Å². The Labute approximate surface area is 163 Å². The fourth-order valence-corrected chi connectivity index (χ4v) is 3.66. The van der Waals surface area contributed by atoms with Crippen LogP contribution in [0, 0.1) is 23.7 Å². The van der Waals surface area contributed by atoms with E-state index in [-0.39, 0.29) is 30.3 Å². The molecule has 3 unspecified atom stereocenters. The Morgan fingerprint density at radius 3 is 2.07 bits per heavy atom. The molecule has 0 aromatic carbocycles. The van der Waals surface area contributed by atoms with Crippen LogP contribution in [0.3, 0.4) is 0 Å². The molecule has 2 N–H and O–H groups in total. The number of Topliss-reactive ketones (excluding diaryl/α,β-unsaturated/α-hetero) is 3. The molecule has 154 valence electrons. The van der Waals surface area contributed by atoms with Crippen molar-refractivity contribution in [2.45, 2.75) is 85.7 Å². The molecule has 0 fully saturated rings. The summed E-state index contributed by atoms with van der Waals surface area (Å²) in [6.45, 7) is 11.5. The van der Waals surface area contributed by atoms with Crippen LogP contribution < -0.4 is 0 Å². The summed E-state index contributed by atoms with van der Waals surface area (Å²) in [5.41, 5.74) is -2.62. The summed E-state index contributed by atoms with van der Waals surface area (Å²) in [6, 6.07) is 0. The summed E-state index contributed by atoms with van der Waals surface area (Å²) in [5.74, 6) is -3.33. The molecule has 0 heterocycles. The van der Waals surface area contributed by atoms with E-state index in [1.165, 1.54) is 0 Å². The van der Waals surface area contributed by atoms with Crippen LogP contribution >= 0.6 is 0 Å². The predicted molar refractivity (Wildman–Crippen MR) is 105 cm³/mol. The smallest absolute Gasteiger partial charge is 0.190 e. The number of carbonyl (C=O) groups is 3. The third-order valence-electron chi connectivity index (χ3n) is 5.49. The quantitative estimate of drug-likeness (QED) is 0.525. The van der Waals surface area contributed by atoms with Gasteiger partial charge >= 0.3 is 0 Å². The van der Waals surface area contributed by atoms with Gasteiger partial charge in [-0.1, -0.05) is 54.4 Å². The number of aliphatic hydroxyl groups excluding tert-OH is 1. The van der Waals surface area contributed by atoms with Gasteiger partial charge < -0.3 is 10.2 Å². The third kappa shape index (κ3) is 5.07. The molecular formula is C22H36O5. The molecule has 1 aliphatic carbocycles. The van der Waals surface area contributed by atoms with Crippen LogP contribution in [0.2, 0.25) is 0 Å². The van der Waals surface area contributed by atoms with Crippen molar-refractivity contribution in [2.24, 2.45) is 23.7 Å². The second-order valence-electron chi connectivity index (χ2n) is 8.79. The van der Waals surface area contributed by atoms with Crippen molar-refractivity contribution in [1.82, 2.24) is 0 Å². The summed E-state index contributed by atoms with van der Waals surface area (Å²) in [5, 5.41) is 21.9. The monoisotopic (exact) mass is 380 g/mol. The molecule has 0 spiro atoms. The maximum absolute atomic E-state index is 13.0. The number of rotatable bonds is 11. The van der Waals surface area contributed by atoms with E-state index in [0.29, 0.717) is 19.3 Å². The molecule has 0 aromatic heterocycles. The van der Waals surface area contributed by atoms with E-state index in [0.717, 1.165) is 6.42 Å². The molecule has 0 amide bonds. The van der Waals surface area contributed by atoms with E-state index in [1.807, 2.05) is 34.6 Å². The molecule has 0 saturated heterocycles. The van der Waals surface area contributed by atoms with Crippen LogP contribution in [-0.4, -0.2) is 33.2 Å². The van der Waals surface area contributed by atoms with Crippen LogP contribution in [0.1, 0.15) is 80.1 Å². The summed E-state index contributed by atoms with van der Waals surface area (Å²) in [4.78, 5) is 38.6. The van der Waals surface area contributed by atoms with E-state index in [1.54, 1.807) is 6.92 Å². The van der Waals surface area contributed by atoms with Crippen molar-refractivity contribution >= 4 is 17.3 Å². The van der Waals surface area contributed by atoms with Crippen molar-refractivity contribution < 1.29 is 24.6 Å². The summed E-state index contributed by atoms with van der Waals surface area (Å²) in [6.07, 6.45) is 2.85. The highest BCUT2D eigenvalue weighted by Crippen LogP contribution is 2.43. The lowest BCUT2D eigenvalue weighted by atomic mass is 9.79. The van der Waals surface area contributed by atoms with Crippen LogP contribution in [0.25, 0.3) is 0 Å². The Morgan fingerprint density at radius 1 is 1.04 bits per heavy atom. The van der Waals surface area contributed by atoms with Gasteiger partial charge in [-0.25, -0.2) is 0 Å². The zero-order chi connectivity index (χ0) is 20.9. The molecule has 0 bridgehead atoms. The van der Waals surface area contributed by atoms with E-state index in [9.17, 15) is 24.6 Å². The maximum Gasteiger partial charge on any atom is 0.190 e. The summed E-state index contributed by atoms with van der Waals surface area (Å²) >= 11 is 0. The van der Waals surface area contributed by atoms with E-state index >= 15 is 0 Å². The Hall–Kier alpha value is -1.49. The van der Waals surface area contributed by atoms with Crippen LogP contribution in [0.5, 0.6) is 0 Å². The first-order chi connectivity index (χ1) is 12.5. The van der Waals surface area contributed by atoms with Crippen LogP contribution in [-0.2, 0) is 14.4 Å². The van der Waals surface area contributed by atoms with Gasteiger partial charge in [-0.15, -0.1) is 0 Å². The van der Waals surface area contributed by atoms with Crippen molar-refractivity contribution in [1.29, 1.82) is 0 Å². The van der Waals surface area contributed by atoms with Gasteiger partial charge in [-0.3, -0.25) is 14.4 Å². The molecule has 3 atom stereocenters. The van der Waals surface area contributed by atoms with Crippen molar-refractivity contribution in [3.8, 4) is 0 Å². The molecule has 0 radical (unpaired) electrons. The number of hydrogen-bond acceptors (Lipinski definition) is 5. The first-order valence-electron chi connectivity index (χ1n) is 10.3. The number of ketones is 3. The minimum absolute atomic E-state index is 0.0651. The zero-order valence-electron chi connectivity index (χ0n) is 17.7. The van der Waals surface area contributed by atoms with Crippen LogP contribution in [0.4, 0.5) is 0 Å². The minimum atomic E-state index is -2.27. The van der Waals surface area contributed by atoms with Gasteiger partial charge in [0.25, 0.3) is 0 Å². The molecular weight excluding hydrogens is 344 g/mol. The Kier molecular flexibility index (Phi) is 8.40. The standard InChI is InChI=1S/C22H36O5/c1-7-8-15(6)19(24)18-20(25)16(11-9-13(2)3)22(27,21(18)26)17(23)12-10-14(4)5/h13-16,26-27H,7-12H2,1-6H3. The number of allylic oxidation sites excluding steroid dienone is 1. The highest BCUT2D eigenvalue weighted by molar-refractivity contribution is 6.26. The summed E-state index contributed by atoms with van der Waals surface area (Å²) < 4.78 is 0. The highest BCUT2D eigenvalue weighted by Gasteiger charge is 2.58. The van der Waals surface area contributed by atoms with E-state index in [2.05, 4.69) is 0 Å². The van der Waals surface area contributed by atoms with E-state index < -0.39 is 40.5 Å². The lowest BCUT2D eigenvalue weighted by Gasteiger charge is -2.28. The number of carbonyl (C=O) groups excluding carboxylic acids is 3. The molecule has 5 heteroatoms. The molecule has 5 nitrogen and oxygen atoms in total. The zero-order valence-corrected chi connectivity index (χ0v) is 17.7. The van der Waals surface area contributed by atoms with Gasteiger partial charge in [0.1, 0.15) is 11.3 Å². The number of hydrogen-bond donors (Lipinski definition) is 2. The van der Waals surface area contributed by atoms with Crippen molar-refractivity contribution in [3.05, 3.63) is 11.3 Å². The lowest BCUT2D eigenvalue weighted by Crippen LogP contribution is -2.47. The Balaban J connectivity index is 3.30. The van der Waals surface area contributed by atoms with Crippen molar-refractivity contribution in [3.63, 3.8) is 0 Å². The fourth-order valence-electron chi connectivity index (χ4n) is 3.66. The first-order valence-corrected chi connectivity index (χ1v) is 10.3. The Bertz CT molecular complexity index is 602. The fraction of sp³-hybridized carbons (Fsp3) is 0.773. The molecule has 27 heavy (non-hydrogen) atoms. The molecule has 1 aliphatic rings. The summed E-state index contributed by atoms with van der Waals surface area (Å²) in [7, 11) is 0. The Morgan fingerprint density at radius 2 is 1.59 bits per heavy atom. The maximum atomic E-state index is 13.0. The van der Waals surface area contributed by atoms with E-state index in [4.69, 9.17) is 0 Å². The molecule has 0 aromatic rings. The average Bonchev–Trinajstić information content (AvgIpc) is 2.77. The largest absolute Gasteiger partial charge is 0.508 e. The third-order valence-corrected chi connectivity index (χ3v) is 5.49. The SMILES string of the molecule is CCCC(C)C(=O)C1=C(O)C(O)(C(=O)CCC(C)C)C(CCC(C)C)C1=O. The lowest BCUT2D eigenvalue weighted by molar-refractivity contribution is -0.145. The van der Waals surface area contributed by atoms with Gasteiger partial charge in [-0.05, 0) is 31.1 Å². The number of aliphatic hydroxyl groups is 2. The van der Waals surface area contributed by atoms with Gasteiger partial charge in [0.2, 0.25) is 0 Å². The second-order valence-corrected chi connectivity index (χ2v) is 8.79. The van der Waals surface area contributed by atoms with Gasteiger partial charge in [0.15, 0.2) is 23.0 Å². The predicted octanol–water partition coefficient (Wildman–Crippen LogP) is 4.18. The first kappa shape index (κ1) is 23.5. The van der Waals surface area contributed by atoms with Gasteiger partial charge in [0.05, 0.1) is 5.92 Å². The minimum Gasteiger partial charge on any atom is -0.508 e. The van der Waals surface area contributed by atoms with Crippen molar-refractivity contribution in [2.75, 3.05) is 0 Å². The second kappa shape index (κ2) is 9.63. The average molecular weight is 381 g/mol. The highest BCUT2D eigenvalue weighted by atomic mass is 16.3.